The van der Waals surface area contributed by atoms with Crippen LogP contribution in [0.4, 0.5) is 0 Å². The van der Waals surface area contributed by atoms with Crippen LogP contribution in [0.1, 0.15) is 24.7 Å². The van der Waals surface area contributed by atoms with Gasteiger partial charge in [0.05, 0.1) is 6.26 Å². The van der Waals surface area contributed by atoms with Gasteiger partial charge in [-0.15, -0.1) is 0 Å². The number of hydrogen-bond acceptors (Lipinski definition) is 1. The summed E-state index contributed by atoms with van der Waals surface area (Å²) >= 11 is 0. The molecule has 0 aliphatic heterocycles. The number of rotatable bonds is 2. The van der Waals surface area contributed by atoms with Gasteiger partial charge < -0.3 is 4.42 Å². The molecule has 0 saturated heterocycles. The molecule has 0 unspecified atom stereocenters. The Bertz CT molecular complexity index is 176. The molecule has 0 spiro atoms. The van der Waals surface area contributed by atoms with Crippen molar-refractivity contribution in [2.45, 2.75) is 26.7 Å². The molecule has 1 aromatic rings. The monoisotopic (exact) mass is 124 g/mol. The molecular weight excluding hydrogens is 112 g/mol. The van der Waals surface area contributed by atoms with Crippen molar-refractivity contribution in [2.24, 2.45) is 0 Å². The summed E-state index contributed by atoms with van der Waals surface area (Å²) in [5, 5.41) is 0. The molecule has 0 aliphatic carbocycles. The van der Waals surface area contributed by atoms with Crippen LogP contribution < -0.4 is 0 Å². The number of aryl methyl sites for hydroxylation is 2. The van der Waals surface area contributed by atoms with E-state index in [1.165, 1.54) is 5.56 Å². The first kappa shape index (κ1) is 6.40. The lowest BCUT2D eigenvalue weighted by atomic mass is 10.2. The summed E-state index contributed by atoms with van der Waals surface area (Å²) in [5.74, 6) is 1.14. The summed E-state index contributed by atoms with van der Waals surface area (Å²) in [4.78, 5) is 0. The lowest BCUT2D eigenvalue weighted by Crippen LogP contribution is -1.80. The maximum absolute atomic E-state index is 5.20. The molecule has 1 heteroatoms. The van der Waals surface area contributed by atoms with E-state index in [-0.39, 0.29) is 0 Å². The van der Waals surface area contributed by atoms with Gasteiger partial charge in [-0.25, -0.2) is 0 Å². The van der Waals surface area contributed by atoms with Crippen LogP contribution in [0.25, 0.3) is 0 Å². The molecule has 1 aromatic heterocycles. The summed E-state index contributed by atoms with van der Waals surface area (Å²) in [7, 11) is 0. The third kappa shape index (κ3) is 1.35. The van der Waals surface area contributed by atoms with Gasteiger partial charge in [0.15, 0.2) is 0 Å². The minimum absolute atomic E-state index is 1.07. The Kier molecular flexibility index (Phi) is 1.93. The van der Waals surface area contributed by atoms with Crippen molar-refractivity contribution in [3.8, 4) is 0 Å². The van der Waals surface area contributed by atoms with Gasteiger partial charge in [-0.3, -0.25) is 0 Å². The highest BCUT2D eigenvalue weighted by Crippen LogP contribution is 2.09. The Labute approximate surface area is 55.7 Å². The smallest absolute Gasteiger partial charge is 0.106 e. The third-order valence-corrected chi connectivity index (χ3v) is 1.45. The van der Waals surface area contributed by atoms with Crippen LogP contribution in [-0.4, -0.2) is 0 Å². The molecule has 50 valence electrons. The van der Waals surface area contributed by atoms with E-state index in [0.29, 0.717) is 0 Å². The van der Waals surface area contributed by atoms with Crippen molar-refractivity contribution >= 4 is 0 Å². The molecule has 0 amide bonds. The van der Waals surface area contributed by atoms with Crippen LogP contribution in [0, 0.1) is 6.92 Å². The molecule has 0 aromatic carbocycles. The second-order valence-electron chi connectivity index (χ2n) is 2.28. The number of hydrogen-bond donors (Lipinski definition) is 0. The van der Waals surface area contributed by atoms with Crippen molar-refractivity contribution < 1.29 is 4.42 Å². The van der Waals surface area contributed by atoms with Gasteiger partial charge in [0, 0.05) is 6.42 Å². The van der Waals surface area contributed by atoms with Gasteiger partial charge in [-0.05, 0) is 25.0 Å². The minimum Gasteiger partial charge on any atom is -0.469 e. The quantitative estimate of drug-likeness (QED) is 0.590. The minimum atomic E-state index is 1.07. The molecular formula is C8H12O. The molecule has 1 heterocycles. The fourth-order valence-electron chi connectivity index (χ4n) is 0.887. The predicted octanol–water partition coefficient (Wildman–Crippen LogP) is 2.54. The van der Waals surface area contributed by atoms with Crippen LogP contribution >= 0.6 is 0 Å². The Morgan fingerprint density at radius 3 is 2.78 bits per heavy atom. The van der Waals surface area contributed by atoms with Crippen LogP contribution in [-0.2, 0) is 6.42 Å². The zero-order valence-corrected chi connectivity index (χ0v) is 5.98. The Morgan fingerprint density at radius 2 is 2.33 bits per heavy atom. The van der Waals surface area contributed by atoms with Crippen LogP contribution in [0.2, 0.25) is 0 Å². The van der Waals surface area contributed by atoms with Crippen molar-refractivity contribution in [3.63, 3.8) is 0 Å². The van der Waals surface area contributed by atoms with Crippen molar-refractivity contribution in [3.05, 3.63) is 23.7 Å². The summed E-state index contributed by atoms with van der Waals surface area (Å²) in [5.41, 5.74) is 1.27. The summed E-state index contributed by atoms with van der Waals surface area (Å²) < 4.78 is 5.20. The van der Waals surface area contributed by atoms with Gasteiger partial charge in [0.1, 0.15) is 5.76 Å². The average Bonchev–Trinajstić information content (AvgIpc) is 2.18. The average molecular weight is 124 g/mol. The summed E-state index contributed by atoms with van der Waals surface area (Å²) in [6.45, 7) is 4.23. The standard InChI is InChI=1S/C8H12O/c1-3-4-8-7(2)5-6-9-8/h5-6H,3-4H2,1-2H3. The van der Waals surface area contributed by atoms with Gasteiger partial charge in [-0.1, -0.05) is 6.92 Å². The maximum atomic E-state index is 5.20. The zero-order valence-electron chi connectivity index (χ0n) is 5.98. The van der Waals surface area contributed by atoms with Gasteiger partial charge in [0.25, 0.3) is 0 Å². The SMILES string of the molecule is CCCc1occc1C. The van der Waals surface area contributed by atoms with E-state index in [1.54, 1.807) is 6.26 Å². The molecule has 0 fully saturated rings. The third-order valence-electron chi connectivity index (χ3n) is 1.45. The van der Waals surface area contributed by atoms with Gasteiger partial charge in [-0.2, -0.15) is 0 Å². The second kappa shape index (κ2) is 2.72. The first-order valence-corrected chi connectivity index (χ1v) is 3.37. The van der Waals surface area contributed by atoms with Crippen LogP contribution in [0.5, 0.6) is 0 Å². The summed E-state index contributed by atoms with van der Waals surface area (Å²) in [6, 6.07) is 2.00. The van der Waals surface area contributed by atoms with Crippen molar-refractivity contribution in [2.75, 3.05) is 0 Å². The first-order valence-electron chi connectivity index (χ1n) is 3.37. The molecule has 0 N–H and O–H groups in total. The molecule has 1 nitrogen and oxygen atoms in total. The van der Waals surface area contributed by atoms with E-state index in [4.69, 9.17) is 4.42 Å². The predicted molar refractivity (Wildman–Crippen MR) is 37.4 cm³/mol. The number of furan rings is 1. The van der Waals surface area contributed by atoms with E-state index in [0.717, 1.165) is 18.6 Å². The van der Waals surface area contributed by atoms with E-state index in [2.05, 4.69) is 13.8 Å². The molecule has 0 aliphatic rings. The van der Waals surface area contributed by atoms with Crippen molar-refractivity contribution in [1.29, 1.82) is 0 Å². The summed E-state index contributed by atoms with van der Waals surface area (Å²) in [6.07, 6.45) is 3.98. The topological polar surface area (TPSA) is 13.1 Å². The second-order valence-corrected chi connectivity index (χ2v) is 2.28. The van der Waals surface area contributed by atoms with Crippen LogP contribution in [0.3, 0.4) is 0 Å². The molecule has 0 saturated carbocycles. The van der Waals surface area contributed by atoms with Gasteiger partial charge in [0.2, 0.25) is 0 Å². The van der Waals surface area contributed by atoms with Crippen molar-refractivity contribution in [1.82, 2.24) is 0 Å². The molecule has 0 bridgehead atoms. The lowest BCUT2D eigenvalue weighted by molar-refractivity contribution is 0.503. The molecule has 0 radical (unpaired) electrons. The maximum Gasteiger partial charge on any atom is 0.106 e. The highest BCUT2D eigenvalue weighted by atomic mass is 16.3. The highest BCUT2D eigenvalue weighted by Gasteiger charge is 1.97. The first-order chi connectivity index (χ1) is 4.34. The zero-order chi connectivity index (χ0) is 6.69. The van der Waals surface area contributed by atoms with E-state index < -0.39 is 0 Å². The fourth-order valence-corrected chi connectivity index (χ4v) is 0.887. The Balaban J connectivity index is 2.69. The van der Waals surface area contributed by atoms with E-state index in [9.17, 15) is 0 Å². The molecule has 9 heavy (non-hydrogen) atoms. The highest BCUT2D eigenvalue weighted by molar-refractivity contribution is 5.14. The largest absolute Gasteiger partial charge is 0.469 e. The van der Waals surface area contributed by atoms with Crippen LogP contribution in [0.15, 0.2) is 16.7 Å². The van der Waals surface area contributed by atoms with E-state index >= 15 is 0 Å². The fraction of sp³-hybridized carbons (Fsp3) is 0.500. The Morgan fingerprint density at radius 1 is 1.56 bits per heavy atom. The Hall–Kier alpha value is -0.720. The lowest BCUT2D eigenvalue weighted by Gasteiger charge is -1.91. The van der Waals surface area contributed by atoms with Gasteiger partial charge >= 0.3 is 0 Å². The van der Waals surface area contributed by atoms with E-state index in [1.807, 2.05) is 6.07 Å². The molecule has 1 rings (SSSR count). The normalized spacial score (nSPS) is 10.0. The molecule has 0 atom stereocenters.